The zero-order valence-corrected chi connectivity index (χ0v) is 12.0. The lowest BCUT2D eigenvalue weighted by molar-refractivity contribution is 0.0699. The fourth-order valence-corrected chi connectivity index (χ4v) is 3.08. The van der Waals surface area contributed by atoms with E-state index in [-0.39, 0.29) is 5.56 Å². The summed E-state index contributed by atoms with van der Waals surface area (Å²) in [6, 6.07) is 10.9. The summed E-state index contributed by atoms with van der Waals surface area (Å²) in [5, 5.41) is 11.9. The molecule has 0 spiro atoms. The van der Waals surface area contributed by atoms with Crippen molar-refractivity contribution < 1.29 is 9.90 Å². The molecule has 0 atom stereocenters. The van der Waals surface area contributed by atoms with Crippen molar-refractivity contribution in [2.45, 2.75) is 0 Å². The molecule has 0 amide bonds. The monoisotopic (exact) mass is 333 g/mol. The van der Waals surface area contributed by atoms with Gasteiger partial charge in [-0.15, -0.1) is 11.3 Å². The van der Waals surface area contributed by atoms with Crippen LogP contribution in [0.4, 0.5) is 0 Å². The van der Waals surface area contributed by atoms with Gasteiger partial charge in [-0.1, -0.05) is 18.2 Å². The number of aromatic carboxylic acids is 1. The van der Waals surface area contributed by atoms with Gasteiger partial charge in [-0.2, -0.15) is 0 Å². The van der Waals surface area contributed by atoms with Gasteiger partial charge in [-0.05, 0) is 39.5 Å². The first-order valence-electron chi connectivity index (χ1n) is 5.53. The van der Waals surface area contributed by atoms with Gasteiger partial charge in [0, 0.05) is 9.86 Å². The lowest BCUT2D eigenvalue weighted by Gasteiger charge is -2.07. The summed E-state index contributed by atoms with van der Waals surface area (Å²) in [5.74, 6) is -0.941. The van der Waals surface area contributed by atoms with Crippen LogP contribution in [0, 0.1) is 0 Å². The molecule has 5 heteroatoms. The van der Waals surface area contributed by atoms with Gasteiger partial charge in [-0.25, -0.2) is 9.78 Å². The first kappa shape index (κ1) is 12.3. The van der Waals surface area contributed by atoms with Gasteiger partial charge in [0.15, 0.2) is 0 Å². The van der Waals surface area contributed by atoms with E-state index >= 15 is 0 Å². The number of para-hydroxylation sites is 1. The smallest absolute Gasteiger partial charge is 0.336 e. The van der Waals surface area contributed by atoms with E-state index in [9.17, 15) is 9.90 Å². The highest BCUT2D eigenvalue weighted by Gasteiger charge is 2.14. The van der Waals surface area contributed by atoms with Crippen molar-refractivity contribution in [1.82, 2.24) is 4.98 Å². The van der Waals surface area contributed by atoms with E-state index in [4.69, 9.17) is 0 Å². The number of carboxylic acids is 1. The number of benzene rings is 1. The van der Waals surface area contributed by atoms with Crippen molar-refractivity contribution in [2.24, 2.45) is 0 Å². The summed E-state index contributed by atoms with van der Waals surface area (Å²) in [6.45, 7) is 0. The number of carbonyl (C=O) groups is 1. The molecule has 3 rings (SSSR count). The molecule has 2 aromatic heterocycles. The Hall–Kier alpha value is -1.72. The molecule has 0 bridgehead atoms. The van der Waals surface area contributed by atoms with Crippen LogP contribution in [0.1, 0.15) is 10.4 Å². The molecular formula is C14H8BrNO2S. The maximum atomic E-state index is 11.4. The van der Waals surface area contributed by atoms with Crippen LogP contribution >= 0.6 is 27.3 Å². The first-order valence-corrected chi connectivity index (χ1v) is 7.20. The SMILES string of the molecule is O=C(O)c1cc(-c2cccs2)nc2c(Br)cccc12. The van der Waals surface area contributed by atoms with Crippen LogP contribution in [-0.4, -0.2) is 16.1 Å². The van der Waals surface area contributed by atoms with Gasteiger partial charge >= 0.3 is 5.97 Å². The van der Waals surface area contributed by atoms with Gasteiger partial charge in [0.25, 0.3) is 0 Å². The minimum absolute atomic E-state index is 0.273. The van der Waals surface area contributed by atoms with E-state index in [2.05, 4.69) is 20.9 Å². The molecule has 0 fully saturated rings. The van der Waals surface area contributed by atoms with Crippen molar-refractivity contribution in [2.75, 3.05) is 0 Å². The Bertz CT molecular complexity index is 768. The van der Waals surface area contributed by atoms with E-state index in [0.29, 0.717) is 16.6 Å². The van der Waals surface area contributed by atoms with Crippen molar-refractivity contribution >= 4 is 44.1 Å². The standard InChI is InChI=1S/C14H8BrNO2S/c15-10-4-1-3-8-9(14(17)18)7-11(16-13(8)10)12-5-2-6-19-12/h1-7H,(H,17,18). The van der Waals surface area contributed by atoms with Crippen molar-refractivity contribution in [3.63, 3.8) is 0 Å². The molecule has 0 saturated carbocycles. The number of thiophene rings is 1. The molecule has 1 aromatic carbocycles. The summed E-state index contributed by atoms with van der Waals surface area (Å²) in [4.78, 5) is 16.9. The number of fused-ring (bicyclic) bond motifs is 1. The molecule has 0 aliphatic heterocycles. The van der Waals surface area contributed by atoms with E-state index in [0.717, 1.165) is 9.35 Å². The number of rotatable bonds is 2. The minimum Gasteiger partial charge on any atom is -0.478 e. The molecule has 3 nitrogen and oxygen atoms in total. The van der Waals surface area contributed by atoms with Crippen LogP contribution in [0.3, 0.4) is 0 Å². The molecule has 94 valence electrons. The van der Waals surface area contributed by atoms with Gasteiger partial charge in [0.2, 0.25) is 0 Å². The number of halogens is 1. The van der Waals surface area contributed by atoms with E-state index in [1.54, 1.807) is 23.5 Å². The lowest BCUT2D eigenvalue weighted by Crippen LogP contribution is -2.00. The fraction of sp³-hybridized carbons (Fsp3) is 0. The third kappa shape index (κ3) is 2.15. The van der Waals surface area contributed by atoms with E-state index in [1.807, 2.05) is 29.6 Å². The van der Waals surface area contributed by atoms with Crippen LogP contribution in [0.15, 0.2) is 46.3 Å². The third-order valence-electron chi connectivity index (χ3n) is 2.79. The number of pyridine rings is 1. The number of hydrogen-bond acceptors (Lipinski definition) is 3. The summed E-state index contributed by atoms with van der Waals surface area (Å²) in [7, 11) is 0. The first-order chi connectivity index (χ1) is 9.16. The second kappa shape index (κ2) is 4.75. The Morgan fingerprint density at radius 1 is 1.26 bits per heavy atom. The lowest BCUT2D eigenvalue weighted by atomic mass is 10.1. The minimum atomic E-state index is -0.941. The van der Waals surface area contributed by atoms with E-state index in [1.165, 1.54) is 0 Å². The highest BCUT2D eigenvalue weighted by atomic mass is 79.9. The second-order valence-corrected chi connectivity index (χ2v) is 5.78. The largest absolute Gasteiger partial charge is 0.478 e. The quantitative estimate of drug-likeness (QED) is 0.754. The molecule has 3 aromatic rings. The topological polar surface area (TPSA) is 50.2 Å². The Kier molecular flexibility index (Phi) is 3.08. The highest BCUT2D eigenvalue weighted by Crippen LogP contribution is 2.31. The van der Waals surface area contributed by atoms with Crippen LogP contribution in [0.25, 0.3) is 21.5 Å². The van der Waals surface area contributed by atoms with Crippen molar-refractivity contribution in [3.05, 3.63) is 51.8 Å². The average Bonchev–Trinajstić information content (AvgIpc) is 2.92. The molecule has 0 aliphatic carbocycles. The Morgan fingerprint density at radius 2 is 2.11 bits per heavy atom. The maximum absolute atomic E-state index is 11.4. The molecular weight excluding hydrogens is 326 g/mol. The molecule has 19 heavy (non-hydrogen) atoms. The van der Waals surface area contributed by atoms with Crippen LogP contribution < -0.4 is 0 Å². The number of nitrogens with zero attached hydrogens (tertiary/aromatic N) is 1. The Morgan fingerprint density at radius 3 is 2.79 bits per heavy atom. The fourth-order valence-electron chi connectivity index (χ4n) is 1.94. The van der Waals surface area contributed by atoms with E-state index < -0.39 is 5.97 Å². The summed E-state index contributed by atoms with van der Waals surface area (Å²) < 4.78 is 0.797. The predicted octanol–water partition coefficient (Wildman–Crippen LogP) is 4.42. The molecule has 0 radical (unpaired) electrons. The van der Waals surface area contributed by atoms with Crippen LogP contribution in [0.2, 0.25) is 0 Å². The normalized spacial score (nSPS) is 10.8. The van der Waals surface area contributed by atoms with Gasteiger partial charge in [0.05, 0.1) is 21.7 Å². The molecule has 1 N–H and O–H groups in total. The summed E-state index contributed by atoms with van der Waals surface area (Å²) in [6.07, 6.45) is 0. The van der Waals surface area contributed by atoms with Crippen LogP contribution in [0.5, 0.6) is 0 Å². The van der Waals surface area contributed by atoms with Crippen molar-refractivity contribution in [1.29, 1.82) is 0 Å². The van der Waals surface area contributed by atoms with Crippen LogP contribution in [-0.2, 0) is 0 Å². The maximum Gasteiger partial charge on any atom is 0.336 e. The zero-order chi connectivity index (χ0) is 13.4. The number of hydrogen-bond donors (Lipinski definition) is 1. The second-order valence-electron chi connectivity index (χ2n) is 3.97. The molecule has 0 saturated heterocycles. The average molecular weight is 334 g/mol. The number of aromatic nitrogens is 1. The Labute approximate surface area is 121 Å². The molecule has 0 aliphatic rings. The third-order valence-corrected chi connectivity index (χ3v) is 4.33. The predicted molar refractivity (Wildman–Crippen MR) is 79.7 cm³/mol. The Balaban J connectivity index is 2.38. The zero-order valence-electron chi connectivity index (χ0n) is 9.63. The highest BCUT2D eigenvalue weighted by molar-refractivity contribution is 9.10. The van der Waals surface area contributed by atoms with Gasteiger partial charge in [0.1, 0.15) is 0 Å². The summed E-state index contributed by atoms with van der Waals surface area (Å²) >= 11 is 4.97. The number of carboxylic acid groups (broad SMARTS) is 1. The van der Waals surface area contributed by atoms with Crippen molar-refractivity contribution in [3.8, 4) is 10.6 Å². The summed E-state index contributed by atoms with van der Waals surface area (Å²) in [5.41, 5.74) is 1.63. The molecule has 0 unspecified atom stereocenters. The van der Waals surface area contributed by atoms with Gasteiger partial charge in [-0.3, -0.25) is 0 Å². The van der Waals surface area contributed by atoms with Gasteiger partial charge < -0.3 is 5.11 Å². The molecule has 2 heterocycles.